The maximum Gasteiger partial charge on any atom is 0.267 e. The molecule has 0 unspecified atom stereocenters. The van der Waals surface area contributed by atoms with Crippen LogP contribution in [0.2, 0.25) is 0 Å². The fraction of sp³-hybridized carbons (Fsp3) is 0.571. The van der Waals surface area contributed by atoms with Crippen LogP contribution >= 0.6 is 11.5 Å². The Morgan fingerprint density at radius 3 is 2.95 bits per heavy atom. The van der Waals surface area contributed by atoms with Crippen molar-refractivity contribution in [2.75, 3.05) is 13.1 Å². The number of nitrogens with one attached hydrogen (secondary N) is 1. The van der Waals surface area contributed by atoms with Gasteiger partial charge in [-0.2, -0.15) is 0 Å². The molecule has 0 saturated carbocycles. The predicted octanol–water partition coefficient (Wildman–Crippen LogP) is 2.23. The van der Waals surface area contributed by atoms with Crippen LogP contribution in [-0.4, -0.2) is 43.5 Å². The van der Waals surface area contributed by atoms with Gasteiger partial charge in [0.25, 0.3) is 5.91 Å². The summed E-state index contributed by atoms with van der Waals surface area (Å²) in [5.41, 5.74) is 0.848. The Bertz CT molecular complexity index is 586. The van der Waals surface area contributed by atoms with Gasteiger partial charge in [0.15, 0.2) is 0 Å². The number of nitrogens with zero attached hydrogens (tertiary/aromatic N) is 4. The first-order chi connectivity index (χ1) is 10.3. The lowest BCUT2D eigenvalue weighted by Gasteiger charge is -2.30. The van der Waals surface area contributed by atoms with Crippen molar-refractivity contribution in [3.05, 3.63) is 28.8 Å². The number of aromatic amines is 1. The number of hydrogen-bond donors (Lipinski definition) is 1. The molecule has 0 aromatic carbocycles. The topological polar surface area (TPSA) is 74.8 Å². The van der Waals surface area contributed by atoms with Crippen LogP contribution in [0, 0.1) is 0 Å². The third-order valence-electron chi connectivity index (χ3n) is 3.93. The molecule has 1 amide bonds. The van der Waals surface area contributed by atoms with Gasteiger partial charge in [0, 0.05) is 31.4 Å². The first-order valence-corrected chi connectivity index (χ1v) is 8.16. The summed E-state index contributed by atoms with van der Waals surface area (Å²) >= 11 is 1.22. The summed E-state index contributed by atoms with van der Waals surface area (Å²) in [6, 6.07) is 0. The van der Waals surface area contributed by atoms with Crippen molar-refractivity contribution in [1.82, 2.24) is 24.5 Å². The Labute approximate surface area is 127 Å². The highest BCUT2D eigenvalue weighted by atomic mass is 32.1. The van der Waals surface area contributed by atoms with Crippen LogP contribution in [0.4, 0.5) is 0 Å². The normalized spacial score (nSPS) is 16.3. The quantitative estimate of drug-likeness (QED) is 0.940. The van der Waals surface area contributed by atoms with Gasteiger partial charge in [0.2, 0.25) is 0 Å². The van der Waals surface area contributed by atoms with E-state index in [1.54, 1.807) is 6.20 Å². The van der Waals surface area contributed by atoms with Crippen LogP contribution < -0.4 is 0 Å². The first kappa shape index (κ1) is 14.2. The molecule has 0 aliphatic carbocycles. The Kier molecular flexibility index (Phi) is 4.28. The van der Waals surface area contributed by atoms with Gasteiger partial charge >= 0.3 is 0 Å². The molecule has 0 spiro atoms. The van der Waals surface area contributed by atoms with Crippen molar-refractivity contribution < 1.29 is 4.79 Å². The summed E-state index contributed by atoms with van der Waals surface area (Å²) in [7, 11) is 0. The van der Waals surface area contributed by atoms with Crippen LogP contribution in [0.5, 0.6) is 0 Å². The SMILES string of the molecule is CCCc1nnsc1C(=O)N1CCC(c2ncc[nH]2)CC1. The molecule has 3 heterocycles. The van der Waals surface area contributed by atoms with E-state index < -0.39 is 0 Å². The van der Waals surface area contributed by atoms with Gasteiger partial charge in [-0.3, -0.25) is 4.79 Å². The Balaban J connectivity index is 1.63. The average Bonchev–Trinajstić information content (AvgIpc) is 3.19. The van der Waals surface area contributed by atoms with Crippen molar-refractivity contribution in [2.24, 2.45) is 0 Å². The molecule has 112 valence electrons. The van der Waals surface area contributed by atoms with Gasteiger partial charge in [0.1, 0.15) is 10.7 Å². The lowest BCUT2D eigenvalue weighted by Crippen LogP contribution is -2.38. The summed E-state index contributed by atoms with van der Waals surface area (Å²) < 4.78 is 3.94. The van der Waals surface area contributed by atoms with E-state index in [-0.39, 0.29) is 5.91 Å². The maximum absolute atomic E-state index is 12.6. The molecule has 6 nitrogen and oxygen atoms in total. The number of hydrogen-bond acceptors (Lipinski definition) is 5. The minimum absolute atomic E-state index is 0.0892. The van der Waals surface area contributed by atoms with E-state index in [9.17, 15) is 4.79 Å². The van der Waals surface area contributed by atoms with Crippen molar-refractivity contribution in [1.29, 1.82) is 0 Å². The maximum atomic E-state index is 12.6. The number of carbonyl (C=O) groups excluding carboxylic acids is 1. The molecule has 2 aromatic heterocycles. The molecule has 1 N–H and O–H groups in total. The Hall–Kier alpha value is -1.76. The van der Waals surface area contributed by atoms with E-state index in [2.05, 4.69) is 26.5 Å². The zero-order valence-corrected chi connectivity index (χ0v) is 12.9. The highest BCUT2D eigenvalue weighted by Crippen LogP contribution is 2.27. The number of amides is 1. The van der Waals surface area contributed by atoms with Crippen LogP contribution in [0.3, 0.4) is 0 Å². The van der Waals surface area contributed by atoms with Gasteiger partial charge in [-0.25, -0.2) is 4.98 Å². The molecule has 21 heavy (non-hydrogen) atoms. The number of H-pyrrole nitrogens is 1. The van der Waals surface area contributed by atoms with E-state index in [0.717, 1.165) is 50.3 Å². The molecule has 1 aliphatic rings. The smallest absolute Gasteiger partial charge is 0.267 e. The number of carbonyl (C=O) groups is 1. The monoisotopic (exact) mass is 305 g/mol. The number of aromatic nitrogens is 4. The largest absolute Gasteiger partial charge is 0.348 e. The second kappa shape index (κ2) is 6.34. The highest BCUT2D eigenvalue weighted by Gasteiger charge is 2.28. The van der Waals surface area contributed by atoms with Crippen molar-refractivity contribution in [2.45, 2.75) is 38.5 Å². The third kappa shape index (κ3) is 2.97. The summed E-state index contributed by atoms with van der Waals surface area (Å²) in [5.74, 6) is 1.55. The second-order valence-electron chi connectivity index (χ2n) is 5.34. The molecule has 0 radical (unpaired) electrons. The van der Waals surface area contributed by atoms with E-state index in [4.69, 9.17) is 0 Å². The molecule has 2 aromatic rings. The van der Waals surface area contributed by atoms with Gasteiger partial charge in [0.05, 0.1) is 5.69 Å². The minimum atomic E-state index is 0.0892. The zero-order valence-electron chi connectivity index (χ0n) is 12.1. The Morgan fingerprint density at radius 2 is 2.29 bits per heavy atom. The van der Waals surface area contributed by atoms with Crippen LogP contribution in [0.15, 0.2) is 12.4 Å². The zero-order chi connectivity index (χ0) is 14.7. The molecule has 3 rings (SSSR count). The van der Waals surface area contributed by atoms with Gasteiger partial charge in [-0.05, 0) is 30.8 Å². The van der Waals surface area contributed by atoms with E-state index >= 15 is 0 Å². The summed E-state index contributed by atoms with van der Waals surface area (Å²) in [6.45, 7) is 3.63. The van der Waals surface area contributed by atoms with Crippen LogP contribution in [-0.2, 0) is 6.42 Å². The van der Waals surface area contributed by atoms with Gasteiger partial charge < -0.3 is 9.88 Å². The Morgan fingerprint density at radius 1 is 1.48 bits per heavy atom. The summed E-state index contributed by atoms with van der Waals surface area (Å²) in [6.07, 6.45) is 7.34. The predicted molar refractivity (Wildman–Crippen MR) is 80.4 cm³/mol. The van der Waals surface area contributed by atoms with Crippen molar-refractivity contribution >= 4 is 17.4 Å². The van der Waals surface area contributed by atoms with Gasteiger partial charge in [-0.15, -0.1) is 5.10 Å². The number of rotatable bonds is 4. The molecule has 0 atom stereocenters. The number of aryl methyl sites for hydroxylation is 1. The van der Waals surface area contributed by atoms with E-state index in [1.807, 2.05) is 11.1 Å². The fourth-order valence-electron chi connectivity index (χ4n) is 2.77. The number of piperidine rings is 1. The molecule has 1 saturated heterocycles. The molecule has 1 fully saturated rings. The molecular weight excluding hydrogens is 286 g/mol. The van der Waals surface area contributed by atoms with Crippen LogP contribution in [0.1, 0.15) is 53.3 Å². The van der Waals surface area contributed by atoms with E-state index in [0.29, 0.717) is 10.8 Å². The average molecular weight is 305 g/mol. The standard InChI is InChI=1S/C14H19N5OS/c1-2-3-11-12(21-18-17-11)14(20)19-8-4-10(5-9-19)13-15-6-7-16-13/h6-7,10H,2-5,8-9H2,1H3,(H,15,16). The van der Waals surface area contributed by atoms with Crippen molar-refractivity contribution in [3.8, 4) is 0 Å². The lowest BCUT2D eigenvalue weighted by atomic mass is 9.96. The third-order valence-corrected chi connectivity index (χ3v) is 4.68. The summed E-state index contributed by atoms with van der Waals surface area (Å²) in [5, 5.41) is 4.08. The highest BCUT2D eigenvalue weighted by molar-refractivity contribution is 7.08. The molecular formula is C14H19N5OS. The minimum Gasteiger partial charge on any atom is -0.348 e. The summed E-state index contributed by atoms with van der Waals surface area (Å²) in [4.78, 5) is 22.7. The lowest BCUT2D eigenvalue weighted by molar-refractivity contribution is 0.0715. The van der Waals surface area contributed by atoms with E-state index in [1.165, 1.54) is 11.5 Å². The molecule has 0 bridgehead atoms. The van der Waals surface area contributed by atoms with Gasteiger partial charge in [-0.1, -0.05) is 17.8 Å². The fourth-order valence-corrected chi connectivity index (χ4v) is 3.45. The van der Waals surface area contributed by atoms with Crippen LogP contribution in [0.25, 0.3) is 0 Å². The number of imidazole rings is 1. The second-order valence-corrected chi connectivity index (χ2v) is 6.09. The molecule has 1 aliphatic heterocycles. The molecule has 7 heteroatoms. The number of likely N-dealkylation sites (tertiary alicyclic amines) is 1. The van der Waals surface area contributed by atoms with Crippen molar-refractivity contribution in [3.63, 3.8) is 0 Å². The first-order valence-electron chi connectivity index (χ1n) is 7.39.